The summed E-state index contributed by atoms with van der Waals surface area (Å²) in [6.07, 6.45) is 5.72. The van der Waals surface area contributed by atoms with Gasteiger partial charge in [0.05, 0.1) is 13.0 Å². The molecule has 1 saturated heterocycles. The number of carbonyl (C=O) groups is 2. The van der Waals surface area contributed by atoms with E-state index in [4.69, 9.17) is 9.47 Å². The number of fused-ring (bicyclic) bond motifs is 1. The first-order valence-electron chi connectivity index (χ1n) is 6.60. The van der Waals surface area contributed by atoms with E-state index in [9.17, 15) is 9.59 Å². The molecule has 1 saturated carbocycles. The number of carbonyl (C=O) groups excluding carboxylic acids is 2. The van der Waals surface area contributed by atoms with Crippen molar-refractivity contribution in [2.75, 3.05) is 6.61 Å². The predicted molar refractivity (Wildman–Crippen MR) is 65.8 cm³/mol. The Balaban J connectivity index is 2.40. The fourth-order valence-corrected chi connectivity index (χ4v) is 3.40. The lowest BCUT2D eigenvalue weighted by Gasteiger charge is -2.44. The molecule has 0 aromatic carbocycles. The van der Waals surface area contributed by atoms with E-state index in [0.717, 1.165) is 19.3 Å². The highest BCUT2D eigenvalue weighted by Gasteiger charge is 2.65. The molecule has 0 spiro atoms. The third kappa shape index (κ3) is 1.74. The summed E-state index contributed by atoms with van der Waals surface area (Å²) in [4.78, 5) is 24.1. The molecule has 0 bridgehead atoms. The Morgan fingerprint density at radius 3 is 2.89 bits per heavy atom. The second-order valence-corrected chi connectivity index (χ2v) is 5.15. The van der Waals surface area contributed by atoms with Crippen molar-refractivity contribution in [1.29, 1.82) is 0 Å². The van der Waals surface area contributed by atoms with Gasteiger partial charge in [-0.25, -0.2) is 0 Å². The lowest BCUT2D eigenvalue weighted by molar-refractivity contribution is -0.175. The molecule has 0 aromatic heterocycles. The second-order valence-electron chi connectivity index (χ2n) is 5.15. The number of esters is 2. The first-order valence-corrected chi connectivity index (χ1v) is 6.60. The molecule has 4 heteroatoms. The third-order valence-electron chi connectivity index (χ3n) is 4.20. The SMILES string of the molecule is C=CC[C@@]12CCCC[C@]1(C(=O)OCC)CC(=O)O2. The first-order chi connectivity index (χ1) is 8.60. The normalized spacial score (nSPS) is 34.6. The summed E-state index contributed by atoms with van der Waals surface area (Å²) in [6.45, 7) is 5.84. The molecule has 1 aliphatic heterocycles. The van der Waals surface area contributed by atoms with Crippen LogP contribution < -0.4 is 0 Å². The van der Waals surface area contributed by atoms with Crippen LogP contribution in [0.25, 0.3) is 0 Å². The van der Waals surface area contributed by atoms with Gasteiger partial charge in [-0.2, -0.15) is 0 Å². The highest BCUT2D eigenvalue weighted by atomic mass is 16.6. The van der Waals surface area contributed by atoms with Crippen LogP contribution in [0, 0.1) is 5.41 Å². The molecule has 0 unspecified atom stereocenters. The van der Waals surface area contributed by atoms with Crippen molar-refractivity contribution >= 4 is 11.9 Å². The van der Waals surface area contributed by atoms with Gasteiger partial charge in [-0.3, -0.25) is 9.59 Å². The Morgan fingerprint density at radius 1 is 1.50 bits per heavy atom. The number of rotatable bonds is 4. The van der Waals surface area contributed by atoms with Crippen LogP contribution in [-0.4, -0.2) is 24.1 Å². The molecule has 0 aromatic rings. The van der Waals surface area contributed by atoms with E-state index in [-0.39, 0.29) is 18.4 Å². The number of hydrogen-bond acceptors (Lipinski definition) is 4. The molecule has 0 amide bonds. The van der Waals surface area contributed by atoms with Crippen molar-refractivity contribution in [3.05, 3.63) is 12.7 Å². The Kier molecular flexibility index (Phi) is 3.46. The topological polar surface area (TPSA) is 52.6 Å². The van der Waals surface area contributed by atoms with Crippen LogP contribution in [0.1, 0.15) is 45.4 Å². The van der Waals surface area contributed by atoms with Gasteiger partial charge in [-0.15, -0.1) is 6.58 Å². The summed E-state index contributed by atoms with van der Waals surface area (Å²) in [6, 6.07) is 0. The van der Waals surface area contributed by atoms with Crippen molar-refractivity contribution in [2.45, 2.75) is 51.0 Å². The summed E-state index contributed by atoms with van der Waals surface area (Å²) < 4.78 is 10.8. The van der Waals surface area contributed by atoms with Gasteiger partial charge in [-0.05, 0) is 26.2 Å². The lowest BCUT2D eigenvalue weighted by atomic mass is 9.61. The summed E-state index contributed by atoms with van der Waals surface area (Å²) >= 11 is 0. The van der Waals surface area contributed by atoms with Gasteiger partial charge in [-0.1, -0.05) is 12.5 Å². The van der Waals surface area contributed by atoms with Crippen LogP contribution >= 0.6 is 0 Å². The van der Waals surface area contributed by atoms with Crippen molar-refractivity contribution in [3.8, 4) is 0 Å². The molecule has 2 fully saturated rings. The maximum Gasteiger partial charge on any atom is 0.316 e. The van der Waals surface area contributed by atoms with Crippen LogP contribution in [0.15, 0.2) is 12.7 Å². The average Bonchev–Trinajstić information content (AvgIpc) is 2.62. The fraction of sp³-hybridized carbons (Fsp3) is 0.714. The summed E-state index contributed by atoms with van der Waals surface area (Å²) in [7, 11) is 0. The zero-order valence-corrected chi connectivity index (χ0v) is 10.9. The Hall–Kier alpha value is -1.32. The average molecular weight is 252 g/mol. The number of ether oxygens (including phenoxy) is 2. The van der Waals surface area contributed by atoms with E-state index in [1.807, 2.05) is 0 Å². The minimum absolute atomic E-state index is 0.152. The molecule has 2 rings (SSSR count). The van der Waals surface area contributed by atoms with Gasteiger partial charge >= 0.3 is 11.9 Å². The van der Waals surface area contributed by atoms with Gasteiger partial charge < -0.3 is 9.47 Å². The van der Waals surface area contributed by atoms with Crippen molar-refractivity contribution in [3.63, 3.8) is 0 Å². The minimum atomic E-state index is -0.785. The smallest absolute Gasteiger partial charge is 0.316 e. The van der Waals surface area contributed by atoms with E-state index in [1.165, 1.54) is 0 Å². The number of hydrogen-bond donors (Lipinski definition) is 0. The highest BCUT2D eigenvalue weighted by Crippen LogP contribution is 2.56. The highest BCUT2D eigenvalue weighted by molar-refractivity contribution is 5.88. The Labute approximate surface area is 107 Å². The maximum absolute atomic E-state index is 12.3. The van der Waals surface area contributed by atoms with Gasteiger partial charge in [0.15, 0.2) is 0 Å². The van der Waals surface area contributed by atoms with Crippen LogP contribution in [0.5, 0.6) is 0 Å². The van der Waals surface area contributed by atoms with Crippen molar-refractivity contribution < 1.29 is 19.1 Å². The largest absolute Gasteiger partial charge is 0.465 e. The molecule has 18 heavy (non-hydrogen) atoms. The molecule has 4 nitrogen and oxygen atoms in total. The molecular formula is C14H20O4. The van der Waals surface area contributed by atoms with E-state index in [1.54, 1.807) is 13.0 Å². The maximum atomic E-state index is 12.3. The van der Waals surface area contributed by atoms with Crippen molar-refractivity contribution in [1.82, 2.24) is 0 Å². The fourth-order valence-electron chi connectivity index (χ4n) is 3.40. The molecule has 1 heterocycles. The lowest BCUT2D eigenvalue weighted by Crippen LogP contribution is -2.52. The van der Waals surface area contributed by atoms with E-state index in [0.29, 0.717) is 19.4 Å². The second kappa shape index (κ2) is 4.75. The first kappa shape index (κ1) is 13.1. The third-order valence-corrected chi connectivity index (χ3v) is 4.20. The van der Waals surface area contributed by atoms with Crippen molar-refractivity contribution in [2.24, 2.45) is 5.41 Å². The standard InChI is InChI=1S/C14H20O4/c1-3-7-14-9-6-5-8-13(14,10-11(15)18-14)12(16)17-4-2/h3H,1,4-10H2,2H3/t13-,14-/m1/s1. The summed E-state index contributed by atoms with van der Waals surface area (Å²) in [5.74, 6) is -0.566. The zero-order chi connectivity index (χ0) is 13.2. The van der Waals surface area contributed by atoms with Gasteiger partial charge in [0, 0.05) is 6.42 Å². The van der Waals surface area contributed by atoms with E-state index in [2.05, 4.69) is 6.58 Å². The van der Waals surface area contributed by atoms with Gasteiger partial charge in [0.1, 0.15) is 11.0 Å². The van der Waals surface area contributed by atoms with Crippen LogP contribution in [0.3, 0.4) is 0 Å². The molecule has 1 aliphatic carbocycles. The molecule has 0 N–H and O–H groups in total. The molecule has 2 aliphatic rings. The quantitative estimate of drug-likeness (QED) is 0.569. The monoisotopic (exact) mass is 252 g/mol. The van der Waals surface area contributed by atoms with Crippen LogP contribution in [0.4, 0.5) is 0 Å². The Bertz CT molecular complexity index is 376. The Morgan fingerprint density at radius 2 is 2.22 bits per heavy atom. The zero-order valence-electron chi connectivity index (χ0n) is 10.9. The van der Waals surface area contributed by atoms with Gasteiger partial charge in [0.25, 0.3) is 0 Å². The van der Waals surface area contributed by atoms with Gasteiger partial charge in [0.2, 0.25) is 0 Å². The minimum Gasteiger partial charge on any atom is -0.465 e. The molecule has 2 atom stereocenters. The summed E-state index contributed by atoms with van der Waals surface area (Å²) in [5.41, 5.74) is -1.50. The van der Waals surface area contributed by atoms with Crippen LogP contribution in [0.2, 0.25) is 0 Å². The van der Waals surface area contributed by atoms with E-state index < -0.39 is 11.0 Å². The van der Waals surface area contributed by atoms with E-state index >= 15 is 0 Å². The molecule has 100 valence electrons. The predicted octanol–water partition coefficient (Wildman–Crippen LogP) is 2.37. The molecule has 0 radical (unpaired) electrons. The van der Waals surface area contributed by atoms with Crippen LogP contribution in [-0.2, 0) is 19.1 Å². The molecular weight excluding hydrogens is 232 g/mol. The summed E-state index contributed by atoms with van der Waals surface area (Å²) in [5, 5.41) is 0.